The molecule has 2 aromatic rings. The van der Waals surface area contributed by atoms with Gasteiger partial charge in [0, 0.05) is 30.1 Å². The fraction of sp³-hybridized carbons (Fsp3) is 0.571. The number of nitrogens with one attached hydrogen (secondary N) is 2. The Morgan fingerprint density at radius 1 is 1.48 bits per heavy atom. The smallest absolute Gasteiger partial charge is 0.275 e. The molecule has 0 unspecified atom stereocenters. The summed E-state index contributed by atoms with van der Waals surface area (Å²) in [7, 11) is 1.99. The average Bonchev–Trinajstić information content (AvgIpc) is 2.88. The van der Waals surface area contributed by atoms with Crippen molar-refractivity contribution < 1.29 is 5.11 Å². The molecule has 7 heteroatoms. The number of thioether (sulfide) groups is 1. The number of H-pyrrole nitrogens is 2. The lowest BCUT2D eigenvalue weighted by molar-refractivity contribution is 0.157. The molecular formula is C14H22N4O2S. The van der Waals surface area contributed by atoms with Gasteiger partial charge in [-0.1, -0.05) is 6.92 Å². The number of nitrogens with zero attached hydrogens (tertiary/aromatic N) is 2. The van der Waals surface area contributed by atoms with Crippen LogP contribution in [0.25, 0.3) is 11.0 Å². The van der Waals surface area contributed by atoms with Gasteiger partial charge in [0.1, 0.15) is 5.52 Å². The number of aromatic nitrogens is 3. The average molecular weight is 310 g/mol. The van der Waals surface area contributed by atoms with Crippen LogP contribution in [0.4, 0.5) is 0 Å². The van der Waals surface area contributed by atoms with Crippen LogP contribution in [0.15, 0.2) is 17.3 Å². The maximum Gasteiger partial charge on any atom is 0.275 e. The lowest BCUT2D eigenvalue weighted by Crippen LogP contribution is -2.36. The minimum absolute atomic E-state index is 0.105. The van der Waals surface area contributed by atoms with E-state index in [9.17, 15) is 9.90 Å². The first kappa shape index (κ1) is 16.1. The maximum atomic E-state index is 11.7. The molecule has 3 N–H and O–H groups in total. The van der Waals surface area contributed by atoms with Crippen LogP contribution in [0.1, 0.15) is 18.9 Å². The Labute approximate surface area is 128 Å². The van der Waals surface area contributed by atoms with Gasteiger partial charge in [-0.2, -0.15) is 11.8 Å². The zero-order valence-corrected chi connectivity index (χ0v) is 13.2. The van der Waals surface area contributed by atoms with Gasteiger partial charge in [0.2, 0.25) is 0 Å². The highest BCUT2D eigenvalue weighted by Crippen LogP contribution is 2.16. The lowest BCUT2D eigenvalue weighted by Gasteiger charge is -2.25. The number of aliphatic hydroxyl groups is 1. The predicted octanol–water partition coefficient (Wildman–Crippen LogP) is 1.19. The molecule has 6 nitrogen and oxygen atoms in total. The van der Waals surface area contributed by atoms with Gasteiger partial charge in [-0.05, 0) is 19.2 Å². The summed E-state index contributed by atoms with van der Waals surface area (Å²) in [4.78, 5) is 23.5. The van der Waals surface area contributed by atoms with Crippen LogP contribution in [-0.2, 0) is 6.54 Å². The highest BCUT2D eigenvalue weighted by Gasteiger charge is 2.16. The minimum atomic E-state index is -0.161. The van der Waals surface area contributed by atoms with E-state index in [0.717, 1.165) is 23.5 Å². The first-order valence-corrected chi connectivity index (χ1v) is 8.25. The quantitative estimate of drug-likeness (QED) is 0.638. The molecule has 2 heterocycles. The second-order valence-electron chi connectivity index (χ2n) is 5.10. The number of rotatable bonds is 8. The van der Waals surface area contributed by atoms with E-state index in [4.69, 9.17) is 0 Å². The molecule has 0 amide bonds. The molecule has 0 fully saturated rings. The number of fused-ring (bicyclic) bond motifs is 1. The van der Waals surface area contributed by atoms with Crippen molar-refractivity contribution in [3.05, 3.63) is 28.4 Å². The van der Waals surface area contributed by atoms with Crippen LogP contribution in [0.5, 0.6) is 0 Å². The SMILES string of the molecule is CCCSC[C@H](CO)N(C)Cc1c[nH]c2c(=O)[nH]cnc12. The first-order valence-electron chi connectivity index (χ1n) is 7.09. The lowest BCUT2D eigenvalue weighted by atomic mass is 10.2. The molecule has 2 rings (SSSR count). The number of aromatic amines is 2. The summed E-state index contributed by atoms with van der Waals surface area (Å²) in [5, 5.41) is 9.55. The molecule has 1 atom stereocenters. The highest BCUT2D eigenvalue weighted by atomic mass is 32.2. The minimum Gasteiger partial charge on any atom is -0.395 e. The molecule has 0 radical (unpaired) electrons. The Morgan fingerprint density at radius 3 is 3.00 bits per heavy atom. The Balaban J connectivity index is 2.08. The van der Waals surface area contributed by atoms with Gasteiger partial charge in [-0.25, -0.2) is 4.98 Å². The molecular weight excluding hydrogens is 288 g/mol. The first-order chi connectivity index (χ1) is 10.2. The topological polar surface area (TPSA) is 85.0 Å². The van der Waals surface area contributed by atoms with E-state index >= 15 is 0 Å². The van der Waals surface area contributed by atoms with Crippen molar-refractivity contribution >= 4 is 22.8 Å². The summed E-state index contributed by atoms with van der Waals surface area (Å²) in [5.74, 6) is 2.01. The van der Waals surface area contributed by atoms with Crippen molar-refractivity contribution in [2.24, 2.45) is 0 Å². The summed E-state index contributed by atoms with van der Waals surface area (Å²) in [5.41, 5.74) is 2.01. The normalized spacial score (nSPS) is 13.1. The predicted molar refractivity (Wildman–Crippen MR) is 86.7 cm³/mol. The molecule has 21 heavy (non-hydrogen) atoms. The molecule has 0 spiro atoms. The van der Waals surface area contributed by atoms with Crippen LogP contribution >= 0.6 is 11.8 Å². The number of hydrogen-bond donors (Lipinski definition) is 3. The second-order valence-corrected chi connectivity index (χ2v) is 6.25. The summed E-state index contributed by atoms with van der Waals surface area (Å²) < 4.78 is 0. The molecule has 0 aliphatic rings. The zero-order valence-electron chi connectivity index (χ0n) is 12.4. The Kier molecular flexibility index (Phi) is 5.84. The second kappa shape index (κ2) is 7.63. The fourth-order valence-electron chi connectivity index (χ4n) is 2.21. The molecule has 0 saturated carbocycles. The van der Waals surface area contributed by atoms with Crippen LogP contribution in [-0.4, -0.2) is 56.2 Å². The van der Waals surface area contributed by atoms with Gasteiger partial charge in [0.15, 0.2) is 0 Å². The van der Waals surface area contributed by atoms with E-state index in [1.54, 1.807) is 0 Å². The maximum absolute atomic E-state index is 11.7. The van der Waals surface area contributed by atoms with Crippen molar-refractivity contribution in [2.75, 3.05) is 25.2 Å². The monoisotopic (exact) mass is 310 g/mol. The van der Waals surface area contributed by atoms with E-state index < -0.39 is 0 Å². The Morgan fingerprint density at radius 2 is 2.29 bits per heavy atom. The molecule has 0 aliphatic carbocycles. The van der Waals surface area contributed by atoms with Gasteiger partial charge < -0.3 is 15.1 Å². The largest absolute Gasteiger partial charge is 0.395 e. The van der Waals surface area contributed by atoms with E-state index in [-0.39, 0.29) is 18.2 Å². The van der Waals surface area contributed by atoms with Crippen molar-refractivity contribution in [3.8, 4) is 0 Å². The van der Waals surface area contributed by atoms with E-state index in [2.05, 4.69) is 26.8 Å². The molecule has 0 bridgehead atoms. The fourth-order valence-corrected chi connectivity index (χ4v) is 3.29. The van der Waals surface area contributed by atoms with Crippen molar-refractivity contribution in [1.82, 2.24) is 19.9 Å². The van der Waals surface area contributed by atoms with Crippen LogP contribution in [0, 0.1) is 0 Å². The Hall–Kier alpha value is -1.31. The summed E-state index contributed by atoms with van der Waals surface area (Å²) in [6.07, 6.45) is 4.38. The van der Waals surface area contributed by atoms with Crippen LogP contribution in [0.3, 0.4) is 0 Å². The van der Waals surface area contributed by atoms with Crippen LogP contribution < -0.4 is 5.56 Å². The third kappa shape index (κ3) is 3.87. The van der Waals surface area contributed by atoms with Crippen molar-refractivity contribution in [2.45, 2.75) is 25.9 Å². The summed E-state index contributed by atoms with van der Waals surface area (Å²) in [6.45, 7) is 2.93. The highest BCUT2D eigenvalue weighted by molar-refractivity contribution is 7.99. The van der Waals surface area contributed by atoms with E-state index in [1.807, 2.05) is 25.0 Å². The van der Waals surface area contributed by atoms with Crippen LogP contribution in [0.2, 0.25) is 0 Å². The van der Waals surface area contributed by atoms with Gasteiger partial charge in [0.25, 0.3) is 5.56 Å². The van der Waals surface area contributed by atoms with Crippen molar-refractivity contribution in [3.63, 3.8) is 0 Å². The molecule has 0 aliphatic heterocycles. The van der Waals surface area contributed by atoms with Crippen molar-refractivity contribution in [1.29, 1.82) is 0 Å². The summed E-state index contributed by atoms with van der Waals surface area (Å²) in [6, 6.07) is 0.105. The number of aliphatic hydroxyl groups excluding tert-OH is 1. The summed E-state index contributed by atoms with van der Waals surface area (Å²) >= 11 is 1.85. The van der Waals surface area contributed by atoms with E-state index in [1.165, 1.54) is 6.33 Å². The van der Waals surface area contributed by atoms with Gasteiger partial charge in [-0.3, -0.25) is 9.69 Å². The molecule has 0 aromatic carbocycles. The zero-order chi connectivity index (χ0) is 15.2. The number of likely N-dealkylation sites (N-methyl/N-ethyl adjacent to an activating group) is 1. The third-order valence-corrected chi connectivity index (χ3v) is 4.78. The standard InChI is InChI=1S/C14H22N4O2S/c1-3-4-21-8-11(7-19)18(2)6-10-5-15-13-12(10)16-9-17-14(13)20/h5,9,11,15,19H,3-4,6-8H2,1-2H3,(H,16,17,20)/t11-/m0/s1. The molecule has 0 saturated heterocycles. The molecule has 2 aromatic heterocycles. The van der Waals surface area contributed by atoms with Gasteiger partial charge in [-0.15, -0.1) is 0 Å². The van der Waals surface area contributed by atoms with Gasteiger partial charge in [0.05, 0.1) is 18.5 Å². The third-order valence-electron chi connectivity index (χ3n) is 3.46. The molecule has 116 valence electrons. The van der Waals surface area contributed by atoms with E-state index in [0.29, 0.717) is 17.6 Å². The van der Waals surface area contributed by atoms with Gasteiger partial charge >= 0.3 is 0 Å². The number of hydrogen-bond acceptors (Lipinski definition) is 5. The Bertz CT molecular complexity index is 625.